The SMILES string of the molecule is CNC(CSC(C)C(C)C)c1ccc(C)cc1. The Balaban J connectivity index is 2.57. The molecule has 0 saturated carbocycles. The molecule has 0 fully saturated rings. The van der Waals surface area contributed by atoms with Gasteiger partial charge in [0.05, 0.1) is 0 Å². The van der Waals surface area contributed by atoms with Crippen molar-refractivity contribution in [2.24, 2.45) is 5.92 Å². The van der Waals surface area contributed by atoms with E-state index in [9.17, 15) is 0 Å². The van der Waals surface area contributed by atoms with E-state index in [1.807, 2.05) is 7.05 Å². The third-order valence-electron chi connectivity index (χ3n) is 3.29. The fourth-order valence-corrected chi connectivity index (χ4v) is 2.83. The van der Waals surface area contributed by atoms with Gasteiger partial charge in [0.15, 0.2) is 0 Å². The van der Waals surface area contributed by atoms with Gasteiger partial charge in [0, 0.05) is 17.0 Å². The van der Waals surface area contributed by atoms with E-state index >= 15 is 0 Å². The van der Waals surface area contributed by atoms with E-state index in [0.717, 1.165) is 16.9 Å². The van der Waals surface area contributed by atoms with Crippen molar-refractivity contribution < 1.29 is 0 Å². The Kier molecular flexibility index (Phi) is 6.07. The van der Waals surface area contributed by atoms with Gasteiger partial charge in [-0.15, -0.1) is 0 Å². The molecule has 0 radical (unpaired) electrons. The zero-order valence-corrected chi connectivity index (χ0v) is 12.5. The van der Waals surface area contributed by atoms with Gasteiger partial charge in [-0.2, -0.15) is 11.8 Å². The molecule has 1 aromatic carbocycles. The first-order valence-electron chi connectivity index (χ1n) is 6.40. The molecule has 0 aromatic heterocycles. The Morgan fingerprint density at radius 2 is 1.71 bits per heavy atom. The summed E-state index contributed by atoms with van der Waals surface area (Å²) in [5.74, 6) is 1.88. The molecule has 2 unspecified atom stereocenters. The highest BCUT2D eigenvalue weighted by atomic mass is 32.2. The van der Waals surface area contributed by atoms with Gasteiger partial charge >= 0.3 is 0 Å². The molecule has 0 heterocycles. The van der Waals surface area contributed by atoms with Crippen LogP contribution in [0.25, 0.3) is 0 Å². The molecule has 1 nitrogen and oxygen atoms in total. The van der Waals surface area contributed by atoms with Gasteiger partial charge in [-0.1, -0.05) is 50.6 Å². The average molecular weight is 251 g/mol. The van der Waals surface area contributed by atoms with Crippen LogP contribution in [0.1, 0.15) is 37.9 Å². The molecule has 1 aromatic rings. The smallest absolute Gasteiger partial charge is 0.0409 e. The third kappa shape index (κ3) is 4.72. The van der Waals surface area contributed by atoms with Crippen LogP contribution in [0.2, 0.25) is 0 Å². The minimum absolute atomic E-state index is 0.460. The maximum Gasteiger partial charge on any atom is 0.0409 e. The van der Waals surface area contributed by atoms with Crippen LogP contribution < -0.4 is 5.32 Å². The van der Waals surface area contributed by atoms with Crippen LogP contribution in [0.4, 0.5) is 0 Å². The summed E-state index contributed by atoms with van der Waals surface area (Å²) in [5, 5.41) is 4.13. The summed E-state index contributed by atoms with van der Waals surface area (Å²) >= 11 is 2.05. The van der Waals surface area contributed by atoms with Crippen molar-refractivity contribution in [3.05, 3.63) is 35.4 Å². The van der Waals surface area contributed by atoms with E-state index in [0.29, 0.717) is 6.04 Å². The minimum Gasteiger partial charge on any atom is -0.312 e. The molecule has 0 amide bonds. The second-order valence-corrected chi connectivity index (χ2v) is 6.44. The highest BCUT2D eigenvalue weighted by Crippen LogP contribution is 2.25. The molecule has 1 rings (SSSR count). The second kappa shape index (κ2) is 7.07. The van der Waals surface area contributed by atoms with Gasteiger partial charge in [0.1, 0.15) is 0 Å². The summed E-state index contributed by atoms with van der Waals surface area (Å²) < 4.78 is 0. The van der Waals surface area contributed by atoms with E-state index < -0.39 is 0 Å². The fourth-order valence-electron chi connectivity index (χ4n) is 1.59. The van der Waals surface area contributed by atoms with Gasteiger partial charge < -0.3 is 5.32 Å². The van der Waals surface area contributed by atoms with Crippen LogP contribution in [-0.4, -0.2) is 18.1 Å². The Labute approximate surface area is 110 Å². The molecule has 17 heavy (non-hydrogen) atoms. The highest BCUT2D eigenvalue weighted by molar-refractivity contribution is 7.99. The van der Waals surface area contributed by atoms with Crippen molar-refractivity contribution in [3.8, 4) is 0 Å². The van der Waals surface area contributed by atoms with Crippen LogP contribution in [0.5, 0.6) is 0 Å². The normalized spacial score (nSPS) is 14.9. The lowest BCUT2D eigenvalue weighted by molar-refractivity contribution is 0.629. The lowest BCUT2D eigenvalue weighted by Crippen LogP contribution is -2.20. The largest absolute Gasteiger partial charge is 0.312 e. The zero-order valence-electron chi connectivity index (χ0n) is 11.7. The molecule has 0 spiro atoms. The van der Waals surface area contributed by atoms with Crippen molar-refractivity contribution in [2.45, 2.75) is 39.0 Å². The van der Waals surface area contributed by atoms with Crippen LogP contribution in [0.3, 0.4) is 0 Å². The predicted octanol–water partition coefficient (Wildman–Crippen LogP) is 4.03. The predicted molar refractivity (Wildman–Crippen MR) is 79.7 cm³/mol. The van der Waals surface area contributed by atoms with Gasteiger partial charge in [-0.05, 0) is 25.5 Å². The van der Waals surface area contributed by atoms with Gasteiger partial charge in [-0.3, -0.25) is 0 Å². The van der Waals surface area contributed by atoms with Crippen LogP contribution in [0, 0.1) is 12.8 Å². The molecule has 0 aliphatic heterocycles. The molecule has 1 N–H and O–H groups in total. The van der Waals surface area contributed by atoms with E-state index in [1.165, 1.54) is 11.1 Å². The van der Waals surface area contributed by atoms with Crippen molar-refractivity contribution in [1.82, 2.24) is 5.32 Å². The highest BCUT2D eigenvalue weighted by Gasteiger charge is 2.13. The van der Waals surface area contributed by atoms with Crippen molar-refractivity contribution >= 4 is 11.8 Å². The molecule has 0 saturated heterocycles. The molecule has 0 bridgehead atoms. The average Bonchev–Trinajstić information content (AvgIpc) is 2.31. The quantitative estimate of drug-likeness (QED) is 0.819. The first-order valence-corrected chi connectivity index (χ1v) is 7.45. The molecule has 2 heteroatoms. The Morgan fingerprint density at radius 3 is 2.18 bits per heavy atom. The molecule has 0 aliphatic carbocycles. The Bertz CT molecular complexity index is 318. The summed E-state index contributed by atoms with van der Waals surface area (Å²) in [7, 11) is 2.05. The summed E-state index contributed by atoms with van der Waals surface area (Å²) in [5.41, 5.74) is 2.72. The lowest BCUT2D eigenvalue weighted by atomic mass is 10.1. The Morgan fingerprint density at radius 1 is 1.12 bits per heavy atom. The van der Waals surface area contributed by atoms with Gasteiger partial charge in [0.2, 0.25) is 0 Å². The Hall–Kier alpha value is -0.470. The molecule has 96 valence electrons. The third-order valence-corrected chi connectivity index (χ3v) is 4.89. The summed E-state index contributed by atoms with van der Waals surface area (Å²) in [6, 6.07) is 9.31. The van der Waals surface area contributed by atoms with Crippen molar-refractivity contribution in [2.75, 3.05) is 12.8 Å². The number of hydrogen-bond donors (Lipinski definition) is 1. The molecular weight excluding hydrogens is 226 g/mol. The first-order chi connectivity index (χ1) is 8.04. The van der Waals surface area contributed by atoms with Crippen LogP contribution in [-0.2, 0) is 0 Å². The van der Waals surface area contributed by atoms with Crippen molar-refractivity contribution in [3.63, 3.8) is 0 Å². The van der Waals surface area contributed by atoms with E-state index in [2.05, 4.69) is 69.0 Å². The summed E-state index contributed by atoms with van der Waals surface area (Å²) in [6.07, 6.45) is 0. The number of rotatable bonds is 6. The number of aryl methyl sites for hydroxylation is 1. The van der Waals surface area contributed by atoms with Gasteiger partial charge in [-0.25, -0.2) is 0 Å². The zero-order chi connectivity index (χ0) is 12.8. The molecule has 2 atom stereocenters. The van der Waals surface area contributed by atoms with E-state index in [4.69, 9.17) is 0 Å². The van der Waals surface area contributed by atoms with E-state index in [-0.39, 0.29) is 0 Å². The first kappa shape index (κ1) is 14.6. The number of thioether (sulfide) groups is 1. The maximum absolute atomic E-state index is 3.41. The topological polar surface area (TPSA) is 12.0 Å². The monoisotopic (exact) mass is 251 g/mol. The van der Waals surface area contributed by atoms with Crippen LogP contribution in [0.15, 0.2) is 24.3 Å². The van der Waals surface area contributed by atoms with Crippen molar-refractivity contribution in [1.29, 1.82) is 0 Å². The van der Waals surface area contributed by atoms with E-state index in [1.54, 1.807) is 0 Å². The van der Waals surface area contributed by atoms with Crippen LogP contribution >= 0.6 is 11.8 Å². The molecule has 0 aliphatic rings. The lowest BCUT2D eigenvalue weighted by Gasteiger charge is -2.21. The summed E-state index contributed by atoms with van der Waals surface area (Å²) in [6.45, 7) is 9.03. The number of benzene rings is 1. The maximum atomic E-state index is 3.41. The number of hydrogen-bond acceptors (Lipinski definition) is 2. The molecular formula is C15H25NS. The van der Waals surface area contributed by atoms with Gasteiger partial charge in [0.25, 0.3) is 0 Å². The standard InChI is InChI=1S/C15H25NS/c1-11(2)13(4)17-10-15(16-5)14-8-6-12(3)7-9-14/h6-9,11,13,15-16H,10H2,1-5H3. The fraction of sp³-hybridized carbons (Fsp3) is 0.600. The summed E-state index contributed by atoms with van der Waals surface area (Å²) in [4.78, 5) is 0. The number of nitrogens with one attached hydrogen (secondary N) is 1. The second-order valence-electron chi connectivity index (χ2n) is 5.03. The minimum atomic E-state index is 0.460.